The van der Waals surface area contributed by atoms with Gasteiger partial charge < -0.3 is 0 Å². The van der Waals surface area contributed by atoms with Gasteiger partial charge in [0, 0.05) is 5.56 Å². The molecule has 0 saturated heterocycles. The number of aromatic nitrogens is 1. The van der Waals surface area contributed by atoms with E-state index < -0.39 is 22.9 Å². The zero-order valence-electron chi connectivity index (χ0n) is 7.02. The molecular formula is C8H5Cl2F2NO. The fourth-order valence-electron chi connectivity index (χ4n) is 0.919. The number of halogens is 4. The molecule has 0 aromatic carbocycles. The first-order valence-corrected chi connectivity index (χ1v) is 4.34. The first-order chi connectivity index (χ1) is 6.43. The molecule has 0 aliphatic carbocycles. The molecule has 1 heterocycles. The number of hydrogen-bond acceptors (Lipinski definition) is 2. The number of alkyl halides is 2. The van der Waals surface area contributed by atoms with Gasteiger partial charge in [0.2, 0.25) is 0 Å². The summed E-state index contributed by atoms with van der Waals surface area (Å²) < 4.78 is 24.8. The van der Waals surface area contributed by atoms with Crippen molar-refractivity contribution in [2.75, 3.05) is 0 Å². The molecule has 0 amide bonds. The van der Waals surface area contributed by atoms with Crippen LogP contribution in [-0.4, -0.2) is 10.2 Å². The minimum atomic E-state index is -2.82. The molecule has 1 aromatic rings. The second-order valence-corrected chi connectivity index (χ2v) is 3.32. The molecule has 0 saturated carbocycles. The predicted molar refractivity (Wildman–Crippen MR) is 49.1 cm³/mol. The first kappa shape index (κ1) is 11.3. The van der Waals surface area contributed by atoms with E-state index in [0.717, 1.165) is 6.07 Å². The first-order valence-electron chi connectivity index (χ1n) is 3.58. The maximum absolute atomic E-state index is 12.4. The SMILES string of the molecule is Cc1nc(C(=O)Cl)c(C(F)F)cc1Cl. The van der Waals surface area contributed by atoms with Crippen LogP contribution in [0, 0.1) is 6.92 Å². The number of carbonyl (C=O) groups is 1. The number of nitrogens with zero attached hydrogens (tertiary/aromatic N) is 1. The highest BCUT2D eigenvalue weighted by Gasteiger charge is 2.20. The van der Waals surface area contributed by atoms with Gasteiger partial charge in [-0.2, -0.15) is 0 Å². The van der Waals surface area contributed by atoms with Crippen molar-refractivity contribution >= 4 is 28.4 Å². The van der Waals surface area contributed by atoms with Crippen LogP contribution in [-0.2, 0) is 0 Å². The van der Waals surface area contributed by atoms with E-state index in [9.17, 15) is 13.6 Å². The summed E-state index contributed by atoms with van der Waals surface area (Å²) in [7, 11) is 0. The van der Waals surface area contributed by atoms with Gasteiger partial charge in [0.15, 0.2) is 0 Å². The third kappa shape index (κ3) is 2.19. The van der Waals surface area contributed by atoms with E-state index in [-0.39, 0.29) is 5.02 Å². The van der Waals surface area contributed by atoms with Gasteiger partial charge in [-0.1, -0.05) is 11.6 Å². The van der Waals surface area contributed by atoms with Crippen molar-refractivity contribution in [1.82, 2.24) is 4.98 Å². The second-order valence-electron chi connectivity index (χ2n) is 2.57. The fraction of sp³-hybridized carbons (Fsp3) is 0.250. The summed E-state index contributed by atoms with van der Waals surface area (Å²) in [5.41, 5.74) is -0.691. The van der Waals surface area contributed by atoms with Gasteiger partial charge >= 0.3 is 0 Å². The van der Waals surface area contributed by atoms with E-state index in [1.165, 1.54) is 6.92 Å². The minimum absolute atomic E-state index is 0.0852. The lowest BCUT2D eigenvalue weighted by molar-refractivity contribution is 0.106. The molecule has 0 atom stereocenters. The van der Waals surface area contributed by atoms with Crippen LogP contribution in [0.3, 0.4) is 0 Å². The maximum Gasteiger partial charge on any atom is 0.271 e. The lowest BCUT2D eigenvalue weighted by Crippen LogP contribution is -2.03. The molecule has 0 aliphatic heterocycles. The molecule has 14 heavy (non-hydrogen) atoms. The van der Waals surface area contributed by atoms with Crippen molar-refractivity contribution in [3.63, 3.8) is 0 Å². The molecule has 0 bridgehead atoms. The minimum Gasteiger partial charge on any atom is -0.274 e. The maximum atomic E-state index is 12.4. The highest BCUT2D eigenvalue weighted by Crippen LogP contribution is 2.27. The van der Waals surface area contributed by atoms with Gasteiger partial charge in [-0.3, -0.25) is 4.79 Å². The molecule has 0 radical (unpaired) electrons. The number of carbonyl (C=O) groups excluding carboxylic acids is 1. The lowest BCUT2D eigenvalue weighted by Gasteiger charge is -2.06. The summed E-state index contributed by atoms with van der Waals surface area (Å²) in [4.78, 5) is 14.4. The van der Waals surface area contributed by atoms with Crippen LogP contribution in [0.4, 0.5) is 8.78 Å². The Kier molecular flexibility index (Phi) is 3.39. The van der Waals surface area contributed by atoms with Gasteiger partial charge in [0.1, 0.15) is 5.69 Å². The summed E-state index contributed by atoms with van der Waals surface area (Å²) in [5, 5.41) is -0.929. The van der Waals surface area contributed by atoms with Gasteiger partial charge in [0.25, 0.3) is 11.7 Å². The van der Waals surface area contributed by atoms with Gasteiger partial charge in [-0.05, 0) is 24.6 Å². The Morgan fingerprint density at radius 2 is 2.14 bits per heavy atom. The molecule has 1 rings (SSSR count). The summed E-state index contributed by atoms with van der Waals surface area (Å²) in [5.74, 6) is 0. The number of rotatable bonds is 2. The molecule has 0 aliphatic rings. The molecular weight excluding hydrogens is 235 g/mol. The van der Waals surface area contributed by atoms with Gasteiger partial charge in [-0.15, -0.1) is 0 Å². The summed E-state index contributed by atoms with van der Waals surface area (Å²) in [6.07, 6.45) is -2.82. The van der Waals surface area contributed by atoms with Crippen LogP contribution < -0.4 is 0 Å². The molecule has 0 spiro atoms. The molecule has 76 valence electrons. The van der Waals surface area contributed by atoms with Crippen molar-refractivity contribution in [3.05, 3.63) is 28.0 Å². The molecule has 0 fully saturated rings. The number of hydrogen-bond donors (Lipinski definition) is 0. The lowest BCUT2D eigenvalue weighted by atomic mass is 10.2. The number of pyridine rings is 1. The average Bonchev–Trinajstić information content (AvgIpc) is 2.08. The monoisotopic (exact) mass is 239 g/mol. The Morgan fingerprint density at radius 1 is 1.57 bits per heavy atom. The van der Waals surface area contributed by atoms with Crippen molar-refractivity contribution in [1.29, 1.82) is 0 Å². The van der Waals surface area contributed by atoms with Crippen LogP contribution in [0.25, 0.3) is 0 Å². The smallest absolute Gasteiger partial charge is 0.271 e. The summed E-state index contributed by atoms with van der Waals surface area (Å²) in [6, 6.07) is 1.00. The van der Waals surface area contributed by atoms with Gasteiger partial charge in [0.05, 0.1) is 10.7 Å². The summed E-state index contributed by atoms with van der Waals surface area (Å²) in [6.45, 7) is 1.50. The van der Waals surface area contributed by atoms with Crippen molar-refractivity contribution in [2.24, 2.45) is 0 Å². The van der Waals surface area contributed by atoms with Crippen molar-refractivity contribution < 1.29 is 13.6 Å². The standard InChI is InChI=1S/C8H5Cl2F2NO/c1-3-5(9)2-4(8(11)12)6(13-3)7(10)14/h2,8H,1H3. The van der Waals surface area contributed by atoms with Crippen molar-refractivity contribution in [3.8, 4) is 0 Å². The molecule has 0 unspecified atom stereocenters. The molecule has 0 N–H and O–H groups in total. The second kappa shape index (κ2) is 4.19. The highest BCUT2D eigenvalue weighted by atomic mass is 35.5. The van der Waals surface area contributed by atoms with E-state index in [2.05, 4.69) is 4.98 Å². The van der Waals surface area contributed by atoms with Crippen LogP contribution in [0.2, 0.25) is 5.02 Å². The largest absolute Gasteiger partial charge is 0.274 e. The topological polar surface area (TPSA) is 30.0 Å². The third-order valence-corrected chi connectivity index (χ3v) is 2.16. The number of aryl methyl sites for hydroxylation is 1. The Labute approximate surface area is 88.8 Å². The van der Waals surface area contributed by atoms with Crippen LogP contribution in [0.15, 0.2) is 6.07 Å². The Bertz CT molecular complexity index is 382. The van der Waals surface area contributed by atoms with E-state index >= 15 is 0 Å². The predicted octanol–water partition coefficient (Wildman–Crippen LogP) is 3.36. The van der Waals surface area contributed by atoms with E-state index in [1.54, 1.807) is 0 Å². The fourth-order valence-corrected chi connectivity index (χ4v) is 1.23. The Balaban J connectivity index is 3.39. The highest BCUT2D eigenvalue weighted by molar-refractivity contribution is 6.67. The van der Waals surface area contributed by atoms with Crippen LogP contribution in [0.1, 0.15) is 28.2 Å². The quantitative estimate of drug-likeness (QED) is 0.742. The van der Waals surface area contributed by atoms with Crippen LogP contribution in [0.5, 0.6) is 0 Å². The average molecular weight is 240 g/mol. The zero-order chi connectivity index (χ0) is 10.9. The Morgan fingerprint density at radius 3 is 2.57 bits per heavy atom. The van der Waals surface area contributed by atoms with Gasteiger partial charge in [-0.25, -0.2) is 13.8 Å². The third-order valence-electron chi connectivity index (χ3n) is 1.60. The zero-order valence-corrected chi connectivity index (χ0v) is 8.53. The molecule has 1 aromatic heterocycles. The Hall–Kier alpha value is -0.740. The molecule has 2 nitrogen and oxygen atoms in total. The normalized spacial score (nSPS) is 10.7. The van der Waals surface area contributed by atoms with E-state index in [1.807, 2.05) is 0 Å². The van der Waals surface area contributed by atoms with E-state index in [4.69, 9.17) is 23.2 Å². The van der Waals surface area contributed by atoms with Crippen LogP contribution >= 0.6 is 23.2 Å². The van der Waals surface area contributed by atoms with E-state index in [0.29, 0.717) is 5.69 Å². The van der Waals surface area contributed by atoms with Crippen molar-refractivity contribution in [2.45, 2.75) is 13.3 Å². The summed E-state index contributed by atoms with van der Waals surface area (Å²) >= 11 is 10.7. The molecule has 6 heteroatoms.